The second-order valence-electron chi connectivity index (χ2n) is 5.45. The Morgan fingerprint density at radius 3 is 3.14 bits per heavy atom. The van der Waals surface area contributed by atoms with E-state index in [1.807, 2.05) is 30.6 Å². The molecule has 1 saturated heterocycles. The molecule has 4 rings (SSSR count). The fourth-order valence-electron chi connectivity index (χ4n) is 2.81. The molecule has 0 spiro atoms. The van der Waals surface area contributed by atoms with Gasteiger partial charge in [0.25, 0.3) is 0 Å². The number of ether oxygens (including phenoxy) is 1. The van der Waals surface area contributed by atoms with Gasteiger partial charge >= 0.3 is 0 Å². The van der Waals surface area contributed by atoms with Crippen LogP contribution in [0.3, 0.4) is 0 Å². The Balaban J connectivity index is 1.48. The van der Waals surface area contributed by atoms with Gasteiger partial charge in [-0.3, -0.25) is 9.88 Å². The first-order valence-electron chi connectivity index (χ1n) is 7.42. The van der Waals surface area contributed by atoms with Crippen LogP contribution in [-0.2, 0) is 11.3 Å². The van der Waals surface area contributed by atoms with Crippen LogP contribution in [0.5, 0.6) is 0 Å². The second kappa shape index (κ2) is 5.82. The molecule has 0 radical (unpaired) electrons. The number of hydrogen-bond acceptors (Lipinski definition) is 5. The molecule has 22 heavy (non-hydrogen) atoms. The van der Waals surface area contributed by atoms with E-state index in [-0.39, 0.29) is 6.10 Å². The highest BCUT2D eigenvalue weighted by molar-refractivity contribution is 5.39. The highest BCUT2D eigenvalue weighted by Crippen LogP contribution is 2.21. The predicted octanol–water partition coefficient (Wildman–Crippen LogP) is 1.70. The third kappa shape index (κ3) is 2.70. The topological polar surface area (TPSA) is 55.5 Å². The van der Waals surface area contributed by atoms with Gasteiger partial charge in [-0.2, -0.15) is 5.10 Å². The summed E-state index contributed by atoms with van der Waals surface area (Å²) in [6.07, 6.45) is 5.39. The maximum atomic E-state index is 5.86. The molecule has 0 N–H and O–H groups in total. The summed E-state index contributed by atoms with van der Waals surface area (Å²) in [7, 11) is 0. The first-order valence-corrected chi connectivity index (χ1v) is 7.42. The van der Waals surface area contributed by atoms with Crippen molar-refractivity contribution in [3.8, 4) is 0 Å². The number of fused-ring (bicyclic) bond motifs is 1. The van der Waals surface area contributed by atoms with Gasteiger partial charge in [0, 0.05) is 32.0 Å². The van der Waals surface area contributed by atoms with E-state index >= 15 is 0 Å². The van der Waals surface area contributed by atoms with Crippen LogP contribution in [0.4, 0.5) is 0 Å². The van der Waals surface area contributed by atoms with Crippen LogP contribution in [0.15, 0.2) is 49.1 Å². The Morgan fingerprint density at radius 1 is 1.23 bits per heavy atom. The van der Waals surface area contributed by atoms with Gasteiger partial charge in [0.15, 0.2) is 5.65 Å². The fourth-order valence-corrected chi connectivity index (χ4v) is 2.81. The van der Waals surface area contributed by atoms with Crippen molar-refractivity contribution in [1.82, 2.24) is 24.5 Å². The molecule has 1 unspecified atom stereocenters. The molecule has 6 nitrogen and oxygen atoms in total. The van der Waals surface area contributed by atoms with E-state index < -0.39 is 0 Å². The molecule has 112 valence electrons. The Labute approximate surface area is 128 Å². The van der Waals surface area contributed by atoms with Gasteiger partial charge in [0.2, 0.25) is 0 Å². The van der Waals surface area contributed by atoms with Gasteiger partial charge in [0.1, 0.15) is 12.4 Å². The number of aromatic nitrogens is 4. The standard InChI is InChI=1S/C16H17N5O/c1-2-5-17-14(3-1)15-11-20(7-8-22-15)10-13-4-6-21-16(9-13)18-12-19-21/h1-6,9,12,15H,7-8,10-11H2. The summed E-state index contributed by atoms with van der Waals surface area (Å²) < 4.78 is 7.64. The van der Waals surface area contributed by atoms with Crippen LogP contribution in [-0.4, -0.2) is 44.2 Å². The third-order valence-corrected chi connectivity index (χ3v) is 3.92. The maximum Gasteiger partial charge on any atom is 0.155 e. The molecule has 6 heteroatoms. The summed E-state index contributed by atoms with van der Waals surface area (Å²) in [5.41, 5.74) is 3.12. The Hall–Kier alpha value is -2.31. The summed E-state index contributed by atoms with van der Waals surface area (Å²) in [6, 6.07) is 10.1. The number of morpholine rings is 1. The van der Waals surface area contributed by atoms with Crippen molar-refractivity contribution in [3.63, 3.8) is 0 Å². The number of nitrogens with zero attached hydrogens (tertiary/aromatic N) is 5. The molecule has 0 aromatic carbocycles. The monoisotopic (exact) mass is 295 g/mol. The van der Waals surface area contributed by atoms with Gasteiger partial charge in [0.05, 0.1) is 12.3 Å². The summed E-state index contributed by atoms with van der Waals surface area (Å²) in [6.45, 7) is 3.40. The van der Waals surface area contributed by atoms with Gasteiger partial charge in [-0.05, 0) is 29.8 Å². The first-order chi connectivity index (χ1) is 10.9. The van der Waals surface area contributed by atoms with Crippen molar-refractivity contribution in [2.45, 2.75) is 12.6 Å². The average molecular weight is 295 g/mol. The smallest absolute Gasteiger partial charge is 0.155 e. The van der Waals surface area contributed by atoms with E-state index in [0.29, 0.717) is 0 Å². The zero-order chi connectivity index (χ0) is 14.8. The lowest BCUT2D eigenvalue weighted by Crippen LogP contribution is -2.38. The molecular formula is C16H17N5O. The van der Waals surface area contributed by atoms with Crippen molar-refractivity contribution in [2.75, 3.05) is 19.7 Å². The highest BCUT2D eigenvalue weighted by atomic mass is 16.5. The predicted molar refractivity (Wildman–Crippen MR) is 81.2 cm³/mol. The third-order valence-electron chi connectivity index (χ3n) is 3.92. The maximum absolute atomic E-state index is 5.86. The molecule has 1 atom stereocenters. The average Bonchev–Trinajstić information content (AvgIpc) is 3.04. The molecule has 1 aliphatic heterocycles. The number of pyridine rings is 2. The lowest BCUT2D eigenvalue weighted by molar-refractivity contribution is -0.0349. The van der Waals surface area contributed by atoms with Crippen molar-refractivity contribution in [2.24, 2.45) is 0 Å². The summed E-state index contributed by atoms with van der Waals surface area (Å²) in [4.78, 5) is 11.0. The van der Waals surface area contributed by atoms with Crippen molar-refractivity contribution in [3.05, 3.63) is 60.3 Å². The van der Waals surface area contributed by atoms with E-state index in [2.05, 4.69) is 32.1 Å². The molecule has 1 aliphatic rings. The lowest BCUT2D eigenvalue weighted by atomic mass is 10.1. The number of rotatable bonds is 3. The lowest BCUT2D eigenvalue weighted by Gasteiger charge is -2.32. The zero-order valence-corrected chi connectivity index (χ0v) is 12.2. The van der Waals surface area contributed by atoms with E-state index in [1.165, 1.54) is 5.56 Å². The first kappa shape index (κ1) is 13.4. The molecule has 3 aromatic heterocycles. The van der Waals surface area contributed by atoms with Crippen LogP contribution in [0.25, 0.3) is 5.65 Å². The molecule has 4 heterocycles. The molecule has 0 aliphatic carbocycles. The normalized spacial score (nSPS) is 19.5. The molecule has 3 aromatic rings. The van der Waals surface area contributed by atoms with E-state index in [1.54, 1.807) is 10.8 Å². The van der Waals surface area contributed by atoms with E-state index in [9.17, 15) is 0 Å². The summed E-state index contributed by atoms with van der Waals surface area (Å²) >= 11 is 0. The number of hydrogen-bond donors (Lipinski definition) is 0. The Kier molecular flexibility index (Phi) is 3.54. The van der Waals surface area contributed by atoms with E-state index in [0.717, 1.165) is 37.6 Å². The fraction of sp³-hybridized carbons (Fsp3) is 0.312. The van der Waals surface area contributed by atoms with Crippen molar-refractivity contribution >= 4 is 5.65 Å². The Bertz CT molecular complexity index is 757. The van der Waals surface area contributed by atoms with Crippen LogP contribution in [0, 0.1) is 0 Å². The second-order valence-corrected chi connectivity index (χ2v) is 5.45. The van der Waals surface area contributed by atoms with Gasteiger partial charge in [-0.25, -0.2) is 9.50 Å². The van der Waals surface area contributed by atoms with Crippen LogP contribution >= 0.6 is 0 Å². The largest absolute Gasteiger partial charge is 0.369 e. The molecule has 0 bridgehead atoms. The SMILES string of the molecule is c1ccc(C2CN(Cc3ccn4ncnc4c3)CCO2)nc1. The summed E-state index contributed by atoms with van der Waals surface area (Å²) in [5.74, 6) is 0. The van der Waals surface area contributed by atoms with Gasteiger partial charge in [-0.1, -0.05) is 6.07 Å². The van der Waals surface area contributed by atoms with Crippen molar-refractivity contribution < 1.29 is 4.74 Å². The zero-order valence-electron chi connectivity index (χ0n) is 12.2. The minimum atomic E-state index is 0.0479. The van der Waals surface area contributed by atoms with Gasteiger partial charge < -0.3 is 4.74 Å². The molecule has 0 amide bonds. The van der Waals surface area contributed by atoms with E-state index in [4.69, 9.17) is 4.74 Å². The highest BCUT2D eigenvalue weighted by Gasteiger charge is 2.22. The minimum absolute atomic E-state index is 0.0479. The Morgan fingerprint density at radius 2 is 2.23 bits per heavy atom. The van der Waals surface area contributed by atoms with Crippen molar-refractivity contribution in [1.29, 1.82) is 0 Å². The van der Waals surface area contributed by atoms with Crippen LogP contribution in [0.2, 0.25) is 0 Å². The summed E-state index contributed by atoms with van der Waals surface area (Å²) in [5, 5.41) is 4.12. The molecule has 0 saturated carbocycles. The van der Waals surface area contributed by atoms with Crippen LogP contribution < -0.4 is 0 Å². The van der Waals surface area contributed by atoms with Crippen LogP contribution in [0.1, 0.15) is 17.4 Å². The molecular weight excluding hydrogens is 278 g/mol. The molecule has 1 fully saturated rings. The quantitative estimate of drug-likeness (QED) is 0.736. The van der Waals surface area contributed by atoms with Gasteiger partial charge in [-0.15, -0.1) is 0 Å². The minimum Gasteiger partial charge on any atom is -0.369 e.